The molecule has 19 heavy (non-hydrogen) atoms. The van der Waals surface area contributed by atoms with Crippen LogP contribution >= 0.6 is 0 Å². The lowest BCUT2D eigenvalue weighted by Gasteiger charge is -2.18. The van der Waals surface area contributed by atoms with Crippen molar-refractivity contribution in [1.82, 2.24) is 15.3 Å². The summed E-state index contributed by atoms with van der Waals surface area (Å²) in [6.07, 6.45) is 3.78. The van der Waals surface area contributed by atoms with Crippen molar-refractivity contribution in [3.63, 3.8) is 0 Å². The molecule has 1 aliphatic carbocycles. The molecule has 1 atom stereocenters. The number of nitrogens with one attached hydrogen (secondary N) is 2. The molecule has 0 bridgehead atoms. The van der Waals surface area contributed by atoms with Gasteiger partial charge in [0.05, 0.1) is 0 Å². The van der Waals surface area contributed by atoms with Crippen molar-refractivity contribution in [3.8, 4) is 0 Å². The summed E-state index contributed by atoms with van der Waals surface area (Å²) in [5.41, 5.74) is 5.88. The molecule has 1 saturated heterocycles. The van der Waals surface area contributed by atoms with E-state index in [-0.39, 0.29) is 0 Å². The standard InChI is InChI=1S/C13H22N6/c1-15-10-4-5-19(8-10)12-6-11(14)17-13(18-12)16-7-9-2-3-9/h6,9-10,15H,2-5,7-8H2,1H3,(H3,14,16,17,18)/t10-/m1/s1. The summed E-state index contributed by atoms with van der Waals surface area (Å²) in [5.74, 6) is 2.93. The fraction of sp³-hybridized carbons (Fsp3) is 0.692. The van der Waals surface area contributed by atoms with E-state index in [2.05, 4.69) is 25.5 Å². The minimum absolute atomic E-state index is 0.538. The molecule has 6 nitrogen and oxygen atoms in total. The van der Waals surface area contributed by atoms with Crippen molar-refractivity contribution in [2.75, 3.05) is 42.6 Å². The molecule has 1 aromatic rings. The highest BCUT2D eigenvalue weighted by Crippen LogP contribution is 2.29. The molecule has 0 amide bonds. The van der Waals surface area contributed by atoms with Gasteiger partial charge in [0.1, 0.15) is 11.6 Å². The first-order chi connectivity index (χ1) is 9.24. The number of nitrogens with two attached hydrogens (primary N) is 1. The second-order valence-electron chi connectivity index (χ2n) is 5.52. The first-order valence-electron chi connectivity index (χ1n) is 7.05. The molecule has 3 rings (SSSR count). The molecule has 1 saturated carbocycles. The van der Waals surface area contributed by atoms with Crippen LogP contribution in [-0.4, -0.2) is 42.7 Å². The van der Waals surface area contributed by atoms with Crippen LogP contribution in [0.1, 0.15) is 19.3 Å². The second kappa shape index (κ2) is 5.21. The van der Waals surface area contributed by atoms with Gasteiger partial charge in [-0.1, -0.05) is 0 Å². The average Bonchev–Trinajstić information content (AvgIpc) is 3.11. The van der Waals surface area contributed by atoms with E-state index >= 15 is 0 Å². The highest BCUT2D eigenvalue weighted by atomic mass is 15.3. The molecular weight excluding hydrogens is 240 g/mol. The van der Waals surface area contributed by atoms with E-state index in [1.807, 2.05) is 13.1 Å². The van der Waals surface area contributed by atoms with Gasteiger partial charge in [-0.15, -0.1) is 0 Å². The summed E-state index contributed by atoms with van der Waals surface area (Å²) in [7, 11) is 2.01. The second-order valence-corrected chi connectivity index (χ2v) is 5.52. The minimum atomic E-state index is 0.538. The lowest BCUT2D eigenvalue weighted by molar-refractivity contribution is 0.616. The average molecular weight is 262 g/mol. The Bertz CT molecular complexity index is 445. The van der Waals surface area contributed by atoms with E-state index in [1.165, 1.54) is 12.8 Å². The van der Waals surface area contributed by atoms with Crippen LogP contribution in [0.4, 0.5) is 17.6 Å². The maximum absolute atomic E-state index is 5.88. The number of nitrogen functional groups attached to an aromatic ring is 1. The Morgan fingerprint density at radius 3 is 2.89 bits per heavy atom. The summed E-state index contributed by atoms with van der Waals surface area (Å²) in [5, 5.41) is 6.60. The molecule has 6 heteroatoms. The lowest BCUT2D eigenvalue weighted by Crippen LogP contribution is -2.30. The van der Waals surface area contributed by atoms with Crippen LogP contribution in [0.2, 0.25) is 0 Å². The number of likely N-dealkylation sites (N-methyl/N-ethyl adjacent to an activating group) is 1. The van der Waals surface area contributed by atoms with E-state index in [9.17, 15) is 0 Å². The molecule has 2 fully saturated rings. The largest absolute Gasteiger partial charge is 0.383 e. The van der Waals surface area contributed by atoms with Crippen molar-refractivity contribution in [3.05, 3.63) is 6.07 Å². The van der Waals surface area contributed by atoms with Gasteiger partial charge in [0.25, 0.3) is 0 Å². The number of hydrogen-bond acceptors (Lipinski definition) is 6. The Hall–Kier alpha value is -1.56. The first kappa shape index (κ1) is 12.5. The van der Waals surface area contributed by atoms with Crippen LogP contribution in [0.5, 0.6) is 0 Å². The summed E-state index contributed by atoms with van der Waals surface area (Å²) >= 11 is 0. The van der Waals surface area contributed by atoms with Gasteiger partial charge in [0.15, 0.2) is 0 Å². The monoisotopic (exact) mass is 262 g/mol. The predicted octanol–water partition coefficient (Wildman–Crippen LogP) is 0.679. The number of nitrogens with zero attached hydrogens (tertiary/aromatic N) is 3. The normalized spacial score (nSPS) is 22.8. The lowest BCUT2D eigenvalue weighted by atomic mass is 10.3. The number of hydrogen-bond donors (Lipinski definition) is 3. The van der Waals surface area contributed by atoms with Crippen molar-refractivity contribution < 1.29 is 0 Å². The van der Waals surface area contributed by atoms with E-state index in [0.29, 0.717) is 17.8 Å². The topological polar surface area (TPSA) is 79.1 Å². The molecule has 0 radical (unpaired) electrons. The van der Waals surface area contributed by atoms with Gasteiger partial charge in [-0.25, -0.2) is 0 Å². The minimum Gasteiger partial charge on any atom is -0.383 e. The Kier molecular flexibility index (Phi) is 3.42. The SMILES string of the molecule is CN[C@@H]1CCN(c2cc(N)nc(NCC3CC3)n2)C1. The Labute approximate surface area is 113 Å². The Morgan fingerprint density at radius 1 is 1.37 bits per heavy atom. The molecular formula is C13H22N6. The number of aromatic nitrogens is 2. The van der Waals surface area contributed by atoms with Crippen LogP contribution in [-0.2, 0) is 0 Å². The van der Waals surface area contributed by atoms with Gasteiger partial charge in [-0.3, -0.25) is 0 Å². The molecule has 4 N–H and O–H groups in total. The highest BCUT2D eigenvalue weighted by Gasteiger charge is 2.24. The summed E-state index contributed by atoms with van der Waals surface area (Å²) in [4.78, 5) is 11.1. The fourth-order valence-corrected chi connectivity index (χ4v) is 2.46. The zero-order valence-electron chi connectivity index (χ0n) is 11.4. The summed E-state index contributed by atoms with van der Waals surface area (Å²) < 4.78 is 0. The van der Waals surface area contributed by atoms with E-state index < -0.39 is 0 Å². The Balaban J connectivity index is 1.69. The van der Waals surface area contributed by atoms with E-state index in [1.54, 1.807) is 0 Å². The van der Waals surface area contributed by atoms with Crippen molar-refractivity contribution >= 4 is 17.6 Å². The van der Waals surface area contributed by atoms with Crippen LogP contribution in [0.25, 0.3) is 0 Å². The number of rotatable bonds is 5. The van der Waals surface area contributed by atoms with Crippen molar-refractivity contribution in [2.24, 2.45) is 5.92 Å². The van der Waals surface area contributed by atoms with E-state index in [4.69, 9.17) is 5.73 Å². The molecule has 104 valence electrons. The van der Waals surface area contributed by atoms with Crippen molar-refractivity contribution in [2.45, 2.75) is 25.3 Å². The molecule has 0 aromatic carbocycles. The number of anilines is 3. The predicted molar refractivity (Wildman–Crippen MR) is 77.3 cm³/mol. The molecule has 2 heterocycles. The molecule has 2 aliphatic rings. The smallest absolute Gasteiger partial charge is 0.226 e. The summed E-state index contributed by atoms with van der Waals surface area (Å²) in [6.45, 7) is 2.96. The van der Waals surface area contributed by atoms with Crippen LogP contribution in [0.15, 0.2) is 6.07 Å². The van der Waals surface area contributed by atoms with Gasteiger partial charge in [-0.2, -0.15) is 9.97 Å². The maximum Gasteiger partial charge on any atom is 0.226 e. The molecule has 1 aromatic heterocycles. The third-order valence-electron chi connectivity index (χ3n) is 3.90. The third kappa shape index (κ3) is 3.07. The molecule has 0 unspecified atom stereocenters. The highest BCUT2D eigenvalue weighted by molar-refractivity contribution is 5.52. The van der Waals surface area contributed by atoms with Crippen LogP contribution in [0, 0.1) is 5.92 Å². The van der Waals surface area contributed by atoms with Gasteiger partial charge < -0.3 is 21.3 Å². The van der Waals surface area contributed by atoms with Gasteiger partial charge in [-0.05, 0) is 32.2 Å². The first-order valence-corrected chi connectivity index (χ1v) is 7.05. The zero-order chi connectivity index (χ0) is 13.2. The van der Waals surface area contributed by atoms with Crippen molar-refractivity contribution in [1.29, 1.82) is 0 Å². The van der Waals surface area contributed by atoms with Gasteiger partial charge in [0.2, 0.25) is 5.95 Å². The quantitative estimate of drug-likeness (QED) is 0.724. The van der Waals surface area contributed by atoms with Crippen LogP contribution < -0.4 is 21.3 Å². The molecule has 0 spiro atoms. The summed E-state index contributed by atoms with van der Waals surface area (Å²) in [6, 6.07) is 2.40. The Morgan fingerprint density at radius 2 is 2.21 bits per heavy atom. The third-order valence-corrected chi connectivity index (χ3v) is 3.90. The van der Waals surface area contributed by atoms with Gasteiger partial charge >= 0.3 is 0 Å². The zero-order valence-corrected chi connectivity index (χ0v) is 11.4. The fourth-order valence-electron chi connectivity index (χ4n) is 2.46. The maximum atomic E-state index is 5.88. The molecule has 1 aliphatic heterocycles. The van der Waals surface area contributed by atoms with Crippen LogP contribution in [0.3, 0.4) is 0 Å². The van der Waals surface area contributed by atoms with Gasteiger partial charge in [0, 0.05) is 31.7 Å². The van der Waals surface area contributed by atoms with E-state index in [0.717, 1.165) is 37.8 Å².